The van der Waals surface area contributed by atoms with Crippen LogP contribution in [0, 0.1) is 6.92 Å². The molecule has 1 aliphatic heterocycles. The minimum atomic E-state index is -1.16. The molecule has 4 aromatic rings. The number of carbonyl (C=O) groups excluding carboxylic acids is 4. The van der Waals surface area contributed by atoms with Crippen LogP contribution in [0.25, 0.3) is 0 Å². The van der Waals surface area contributed by atoms with Gasteiger partial charge in [-0.15, -0.1) is 0 Å². The van der Waals surface area contributed by atoms with Gasteiger partial charge in [0.05, 0.1) is 22.4 Å². The Morgan fingerprint density at radius 2 is 1.31 bits per heavy atom. The van der Waals surface area contributed by atoms with Crippen LogP contribution >= 0.6 is 0 Å². The summed E-state index contributed by atoms with van der Waals surface area (Å²) in [5, 5.41) is 0. The maximum absolute atomic E-state index is 13.3. The van der Waals surface area contributed by atoms with Gasteiger partial charge in [-0.3, -0.25) is 14.4 Å². The third kappa shape index (κ3) is 4.20. The Labute approximate surface area is 207 Å². The van der Waals surface area contributed by atoms with Gasteiger partial charge in [-0.2, -0.15) is 0 Å². The summed E-state index contributed by atoms with van der Waals surface area (Å²) in [5.41, 5.74) is 2.94. The van der Waals surface area contributed by atoms with E-state index in [4.69, 9.17) is 4.74 Å². The summed E-state index contributed by atoms with van der Waals surface area (Å²) in [6.07, 6.45) is -1.16. The zero-order chi connectivity index (χ0) is 25.2. The summed E-state index contributed by atoms with van der Waals surface area (Å²) in [4.78, 5) is 53.3. The van der Waals surface area contributed by atoms with Gasteiger partial charge in [0.1, 0.15) is 0 Å². The van der Waals surface area contributed by atoms with Crippen LogP contribution in [-0.4, -0.2) is 23.6 Å². The maximum atomic E-state index is 13.3. The number of amides is 2. The van der Waals surface area contributed by atoms with Crippen molar-refractivity contribution in [3.05, 3.63) is 137 Å². The highest BCUT2D eigenvalue weighted by atomic mass is 16.5. The van der Waals surface area contributed by atoms with Crippen LogP contribution < -0.4 is 4.90 Å². The molecule has 6 heteroatoms. The Hall–Kier alpha value is -4.84. The summed E-state index contributed by atoms with van der Waals surface area (Å²) >= 11 is 0. The predicted octanol–water partition coefficient (Wildman–Crippen LogP) is 5.58. The second-order valence-corrected chi connectivity index (χ2v) is 8.47. The minimum absolute atomic E-state index is 0.113. The zero-order valence-electron chi connectivity index (χ0n) is 19.4. The molecule has 0 saturated carbocycles. The number of fused-ring (bicyclic) bond motifs is 1. The fraction of sp³-hybridized carbons (Fsp3) is 0.0667. The van der Waals surface area contributed by atoms with E-state index in [1.807, 2.05) is 25.1 Å². The number of aryl methyl sites for hydroxylation is 1. The van der Waals surface area contributed by atoms with Gasteiger partial charge >= 0.3 is 5.97 Å². The Bertz CT molecular complexity index is 1460. The van der Waals surface area contributed by atoms with Crippen LogP contribution in [0.5, 0.6) is 0 Å². The molecule has 1 aliphatic rings. The largest absolute Gasteiger partial charge is 0.445 e. The lowest BCUT2D eigenvalue weighted by Crippen LogP contribution is -2.29. The molecule has 4 aromatic carbocycles. The van der Waals surface area contributed by atoms with Crippen LogP contribution in [0.3, 0.4) is 0 Å². The van der Waals surface area contributed by atoms with Crippen molar-refractivity contribution in [1.82, 2.24) is 0 Å². The highest BCUT2D eigenvalue weighted by Gasteiger charge is 2.36. The molecule has 0 unspecified atom stereocenters. The van der Waals surface area contributed by atoms with Crippen LogP contribution in [0.15, 0.2) is 103 Å². The van der Waals surface area contributed by atoms with Crippen molar-refractivity contribution in [3.8, 4) is 0 Å². The van der Waals surface area contributed by atoms with Gasteiger partial charge in [0.25, 0.3) is 11.8 Å². The summed E-state index contributed by atoms with van der Waals surface area (Å²) < 4.78 is 5.73. The molecule has 0 N–H and O–H groups in total. The number of Topliss-reactive ketones (excluding diaryl/α,β-unsaturated/α-hetero) is 1. The first-order chi connectivity index (χ1) is 17.4. The number of esters is 1. The van der Waals surface area contributed by atoms with Crippen molar-refractivity contribution in [2.45, 2.75) is 13.0 Å². The number of anilines is 1. The molecule has 0 aromatic heterocycles. The fourth-order valence-corrected chi connectivity index (χ4v) is 4.14. The molecular weight excluding hydrogens is 454 g/mol. The van der Waals surface area contributed by atoms with Gasteiger partial charge in [-0.1, -0.05) is 78.4 Å². The quantitative estimate of drug-likeness (QED) is 0.207. The highest BCUT2D eigenvalue weighted by Crippen LogP contribution is 2.30. The van der Waals surface area contributed by atoms with Crippen molar-refractivity contribution in [2.75, 3.05) is 4.90 Å². The van der Waals surface area contributed by atoms with Gasteiger partial charge in [0.15, 0.2) is 6.10 Å². The first-order valence-electron chi connectivity index (χ1n) is 11.4. The molecule has 0 spiro atoms. The number of imide groups is 1. The van der Waals surface area contributed by atoms with Gasteiger partial charge in [0, 0.05) is 11.1 Å². The second-order valence-electron chi connectivity index (χ2n) is 8.47. The molecule has 36 heavy (non-hydrogen) atoms. The molecule has 0 bridgehead atoms. The summed E-state index contributed by atoms with van der Waals surface area (Å²) in [7, 11) is 0. The smallest absolute Gasteiger partial charge is 0.339 e. The summed E-state index contributed by atoms with van der Waals surface area (Å²) in [6.45, 7) is 1.92. The van der Waals surface area contributed by atoms with Crippen LogP contribution in [-0.2, 0) is 4.74 Å². The van der Waals surface area contributed by atoms with Crippen molar-refractivity contribution in [2.24, 2.45) is 0 Å². The van der Waals surface area contributed by atoms with Gasteiger partial charge in [-0.25, -0.2) is 9.69 Å². The Balaban J connectivity index is 1.44. The molecule has 176 valence electrons. The topological polar surface area (TPSA) is 80.8 Å². The van der Waals surface area contributed by atoms with E-state index in [2.05, 4.69) is 0 Å². The Morgan fingerprint density at radius 3 is 1.94 bits per heavy atom. The number of ether oxygens (including phenoxy) is 1. The van der Waals surface area contributed by atoms with E-state index in [0.29, 0.717) is 22.3 Å². The monoisotopic (exact) mass is 475 g/mol. The second kappa shape index (κ2) is 9.43. The zero-order valence-corrected chi connectivity index (χ0v) is 19.4. The van der Waals surface area contributed by atoms with Gasteiger partial charge < -0.3 is 4.74 Å². The molecule has 1 atom stereocenters. The third-order valence-electron chi connectivity index (χ3n) is 6.04. The van der Waals surface area contributed by atoms with Crippen LogP contribution in [0.1, 0.15) is 58.7 Å². The van der Waals surface area contributed by atoms with E-state index >= 15 is 0 Å². The SMILES string of the molecule is Cc1ccc(C(=O)[C@H](OC(=O)c2cccc(N3C(=O)c4ccccc4C3=O)c2)c2ccccc2)cc1. The predicted molar refractivity (Wildman–Crippen MR) is 134 cm³/mol. The number of ketones is 1. The minimum Gasteiger partial charge on any atom is -0.445 e. The molecular formula is C30H21NO5. The summed E-state index contributed by atoms with van der Waals surface area (Å²) in [5.74, 6) is -2.02. The van der Waals surface area contributed by atoms with Gasteiger partial charge in [0.2, 0.25) is 5.78 Å². The molecule has 0 radical (unpaired) electrons. The van der Waals surface area contributed by atoms with E-state index in [1.165, 1.54) is 12.1 Å². The Kier molecular flexibility index (Phi) is 6.00. The standard InChI is InChI=1S/C30H21NO5/c1-19-14-16-20(17-15-19)26(32)27(21-8-3-2-4-9-21)36-30(35)22-10-7-11-23(18-22)31-28(33)24-12-5-6-13-25(24)29(31)34/h2-18,27H,1H3/t27-/m1/s1. The van der Waals surface area contributed by atoms with E-state index in [9.17, 15) is 19.2 Å². The average Bonchev–Trinajstić information content (AvgIpc) is 3.17. The average molecular weight is 476 g/mol. The normalized spacial score (nSPS) is 13.3. The van der Waals surface area contributed by atoms with E-state index in [0.717, 1.165) is 10.5 Å². The third-order valence-corrected chi connectivity index (χ3v) is 6.04. The lowest BCUT2D eigenvalue weighted by molar-refractivity contribution is 0.0280. The number of benzene rings is 4. The lowest BCUT2D eigenvalue weighted by atomic mass is 9.99. The molecule has 2 amide bonds. The van der Waals surface area contributed by atoms with E-state index < -0.39 is 23.9 Å². The first kappa shape index (κ1) is 22.9. The van der Waals surface area contributed by atoms with Gasteiger partial charge in [-0.05, 0) is 37.3 Å². The molecule has 0 fully saturated rings. The first-order valence-corrected chi connectivity index (χ1v) is 11.4. The van der Waals surface area contributed by atoms with Crippen LogP contribution in [0.4, 0.5) is 5.69 Å². The molecule has 6 nitrogen and oxygen atoms in total. The van der Waals surface area contributed by atoms with Crippen molar-refractivity contribution >= 4 is 29.3 Å². The van der Waals surface area contributed by atoms with Crippen molar-refractivity contribution in [3.63, 3.8) is 0 Å². The lowest BCUT2D eigenvalue weighted by Gasteiger charge is -2.19. The fourth-order valence-electron chi connectivity index (χ4n) is 4.14. The number of carbonyl (C=O) groups is 4. The number of hydrogen-bond donors (Lipinski definition) is 0. The maximum Gasteiger partial charge on any atom is 0.339 e. The molecule has 0 saturated heterocycles. The Morgan fingerprint density at radius 1 is 0.694 bits per heavy atom. The van der Waals surface area contributed by atoms with E-state index in [1.54, 1.807) is 72.8 Å². The molecule has 0 aliphatic carbocycles. The number of rotatable bonds is 6. The number of hydrogen-bond acceptors (Lipinski definition) is 5. The van der Waals surface area contributed by atoms with Crippen LogP contribution in [0.2, 0.25) is 0 Å². The van der Waals surface area contributed by atoms with E-state index in [-0.39, 0.29) is 17.0 Å². The molecule has 5 rings (SSSR count). The highest BCUT2D eigenvalue weighted by molar-refractivity contribution is 6.34. The van der Waals surface area contributed by atoms with Crippen molar-refractivity contribution in [1.29, 1.82) is 0 Å². The molecule has 1 heterocycles. The van der Waals surface area contributed by atoms with Crippen molar-refractivity contribution < 1.29 is 23.9 Å². The summed E-state index contributed by atoms with van der Waals surface area (Å²) in [6, 6.07) is 28.5. The number of nitrogens with zero attached hydrogens (tertiary/aromatic N) is 1.